The van der Waals surface area contributed by atoms with Crippen LogP contribution in [0.1, 0.15) is 32.3 Å². The van der Waals surface area contributed by atoms with E-state index in [0.29, 0.717) is 11.4 Å². The van der Waals surface area contributed by atoms with Crippen LogP contribution in [0.25, 0.3) is 16.9 Å². The Morgan fingerprint density at radius 1 is 1.23 bits per heavy atom. The lowest BCUT2D eigenvalue weighted by atomic mass is 10.0. The second-order valence-corrected chi connectivity index (χ2v) is 6.51. The van der Waals surface area contributed by atoms with Crippen LogP contribution in [0.4, 0.5) is 5.69 Å². The van der Waals surface area contributed by atoms with E-state index in [1.807, 2.05) is 67.9 Å². The third-order valence-electron chi connectivity index (χ3n) is 4.73. The molecule has 0 spiro atoms. The number of hydrogen-bond donors (Lipinski definition) is 1. The van der Waals surface area contributed by atoms with Crippen molar-refractivity contribution in [2.45, 2.75) is 33.6 Å². The van der Waals surface area contributed by atoms with Crippen molar-refractivity contribution in [3.8, 4) is 17.0 Å². The molecule has 0 saturated heterocycles. The second-order valence-electron chi connectivity index (χ2n) is 6.51. The van der Waals surface area contributed by atoms with E-state index in [1.54, 1.807) is 7.11 Å². The number of nitrogens with zero attached hydrogens (tertiary/aromatic N) is 2. The van der Waals surface area contributed by atoms with Crippen LogP contribution >= 0.6 is 0 Å². The standard InChI is InChI=1S/C21H25N3O2/c1-5-15(6-2)21(25)23-17-12-16(7-8-19(17)26-4)18-13-24-10-9-14(3)11-20(24)22-18/h7-13,15H,5-6H2,1-4H3,(H,23,25). The molecule has 0 bridgehead atoms. The number of carbonyl (C=O) groups excluding carboxylic acids is 1. The van der Waals surface area contributed by atoms with Crippen LogP contribution in [-0.2, 0) is 4.79 Å². The first kappa shape index (κ1) is 18.0. The Hall–Kier alpha value is -2.82. The van der Waals surface area contributed by atoms with Crippen molar-refractivity contribution >= 4 is 17.2 Å². The highest BCUT2D eigenvalue weighted by atomic mass is 16.5. The maximum atomic E-state index is 12.5. The number of aryl methyl sites for hydroxylation is 1. The smallest absolute Gasteiger partial charge is 0.227 e. The van der Waals surface area contributed by atoms with Crippen LogP contribution in [0.2, 0.25) is 0 Å². The Morgan fingerprint density at radius 2 is 2.00 bits per heavy atom. The van der Waals surface area contributed by atoms with E-state index in [9.17, 15) is 4.79 Å². The number of rotatable bonds is 6. The number of imidazole rings is 1. The summed E-state index contributed by atoms with van der Waals surface area (Å²) in [5, 5.41) is 3.02. The van der Waals surface area contributed by atoms with Gasteiger partial charge >= 0.3 is 0 Å². The van der Waals surface area contributed by atoms with E-state index in [1.165, 1.54) is 5.56 Å². The highest BCUT2D eigenvalue weighted by molar-refractivity contribution is 5.94. The van der Waals surface area contributed by atoms with E-state index in [-0.39, 0.29) is 11.8 Å². The first-order valence-electron chi connectivity index (χ1n) is 9.00. The number of nitrogens with one attached hydrogen (secondary N) is 1. The van der Waals surface area contributed by atoms with Gasteiger partial charge in [0.1, 0.15) is 11.4 Å². The number of aromatic nitrogens is 2. The lowest BCUT2D eigenvalue weighted by Gasteiger charge is -2.15. The summed E-state index contributed by atoms with van der Waals surface area (Å²) < 4.78 is 7.41. The fourth-order valence-corrected chi connectivity index (χ4v) is 3.08. The van der Waals surface area contributed by atoms with Gasteiger partial charge in [-0.25, -0.2) is 4.98 Å². The third-order valence-corrected chi connectivity index (χ3v) is 4.73. The molecule has 5 heteroatoms. The molecule has 0 radical (unpaired) electrons. The molecule has 0 unspecified atom stereocenters. The quantitative estimate of drug-likeness (QED) is 0.701. The van der Waals surface area contributed by atoms with Gasteiger partial charge in [0.15, 0.2) is 0 Å². The molecule has 3 aromatic rings. The van der Waals surface area contributed by atoms with E-state index in [0.717, 1.165) is 29.7 Å². The Kier molecular flexibility index (Phi) is 5.26. The van der Waals surface area contributed by atoms with Gasteiger partial charge in [0.25, 0.3) is 0 Å². The Bertz CT molecular complexity index is 926. The number of amides is 1. The normalized spacial score (nSPS) is 11.1. The molecule has 0 aliphatic rings. The van der Waals surface area contributed by atoms with Crippen molar-refractivity contribution in [3.63, 3.8) is 0 Å². The number of methoxy groups -OCH3 is 1. The van der Waals surface area contributed by atoms with Gasteiger partial charge in [0, 0.05) is 23.9 Å². The van der Waals surface area contributed by atoms with Crippen molar-refractivity contribution in [2.75, 3.05) is 12.4 Å². The zero-order chi connectivity index (χ0) is 18.7. The second kappa shape index (κ2) is 7.60. The number of anilines is 1. The maximum absolute atomic E-state index is 12.5. The van der Waals surface area contributed by atoms with Crippen LogP contribution < -0.4 is 10.1 Å². The van der Waals surface area contributed by atoms with Crippen molar-refractivity contribution in [3.05, 3.63) is 48.3 Å². The van der Waals surface area contributed by atoms with Gasteiger partial charge in [0.05, 0.1) is 18.5 Å². The number of ether oxygens (including phenoxy) is 1. The van der Waals surface area contributed by atoms with Crippen LogP contribution in [-0.4, -0.2) is 22.4 Å². The number of pyridine rings is 1. The molecule has 0 fully saturated rings. The Labute approximate surface area is 154 Å². The molecule has 1 N–H and O–H groups in total. The highest BCUT2D eigenvalue weighted by Gasteiger charge is 2.17. The average molecular weight is 351 g/mol. The molecule has 1 aromatic carbocycles. The molecular weight excluding hydrogens is 326 g/mol. The van der Waals surface area contributed by atoms with Crippen LogP contribution in [0.5, 0.6) is 5.75 Å². The molecule has 136 valence electrons. The molecule has 3 rings (SSSR count). The molecule has 0 atom stereocenters. The lowest BCUT2D eigenvalue weighted by molar-refractivity contribution is -0.120. The monoisotopic (exact) mass is 351 g/mol. The zero-order valence-corrected chi connectivity index (χ0v) is 15.7. The lowest BCUT2D eigenvalue weighted by Crippen LogP contribution is -2.22. The van der Waals surface area contributed by atoms with Gasteiger partial charge in [-0.05, 0) is 55.7 Å². The van der Waals surface area contributed by atoms with Gasteiger partial charge in [-0.3, -0.25) is 4.79 Å². The summed E-state index contributed by atoms with van der Waals surface area (Å²) in [5.41, 5.74) is 4.54. The van der Waals surface area contributed by atoms with Gasteiger partial charge < -0.3 is 14.5 Å². The topological polar surface area (TPSA) is 55.6 Å². The summed E-state index contributed by atoms with van der Waals surface area (Å²) in [6.07, 6.45) is 5.62. The Balaban J connectivity index is 1.96. The van der Waals surface area contributed by atoms with Gasteiger partial charge in [0.2, 0.25) is 5.91 Å². The number of fused-ring (bicyclic) bond motifs is 1. The predicted molar refractivity (Wildman–Crippen MR) is 105 cm³/mol. The van der Waals surface area contributed by atoms with Gasteiger partial charge in [-0.15, -0.1) is 0 Å². The zero-order valence-electron chi connectivity index (χ0n) is 15.7. The maximum Gasteiger partial charge on any atom is 0.227 e. The highest BCUT2D eigenvalue weighted by Crippen LogP contribution is 2.31. The van der Waals surface area contributed by atoms with Crippen molar-refractivity contribution in [1.82, 2.24) is 9.38 Å². The van der Waals surface area contributed by atoms with Crippen LogP contribution in [0.15, 0.2) is 42.7 Å². The molecule has 0 saturated carbocycles. The average Bonchev–Trinajstić information content (AvgIpc) is 3.05. The van der Waals surface area contributed by atoms with Crippen LogP contribution in [0, 0.1) is 12.8 Å². The largest absolute Gasteiger partial charge is 0.495 e. The summed E-state index contributed by atoms with van der Waals surface area (Å²) in [7, 11) is 1.61. The number of carbonyl (C=O) groups is 1. The minimum absolute atomic E-state index is 0.00142. The van der Waals surface area contributed by atoms with E-state index < -0.39 is 0 Å². The molecule has 2 aromatic heterocycles. The summed E-state index contributed by atoms with van der Waals surface area (Å²) in [6, 6.07) is 9.84. The van der Waals surface area contributed by atoms with E-state index in [2.05, 4.69) is 5.32 Å². The van der Waals surface area contributed by atoms with E-state index in [4.69, 9.17) is 9.72 Å². The van der Waals surface area contributed by atoms with Crippen LogP contribution in [0.3, 0.4) is 0 Å². The molecular formula is C21H25N3O2. The van der Waals surface area contributed by atoms with Gasteiger partial charge in [-0.1, -0.05) is 13.8 Å². The van der Waals surface area contributed by atoms with Gasteiger partial charge in [-0.2, -0.15) is 0 Å². The fourth-order valence-electron chi connectivity index (χ4n) is 3.08. The summed E-state index contributed by atoms with van der Waals surface area (Å²) >= 11 is 0. The first-order valence-corrected chi connectivity index (χ1v) is 9.00. The van der Waals surface area contributed by atoms with E-state index >= 15 is 0 Å². The summed E-state index contributed by atoms with van der Waals surface area (Å²) in [4.78, 5) is 17.2. The Morgan fingerprint density at radius 3 is 2.69 bits per heavy atom. The van der Waals surface area contributed by atoms with Crippen molar-refractivity contribution < 1.29 is 9.53 Å². The fraction of sp³-hybridized carbons (Fsp3) is 0.333. The summed E-state index contributed by atoms with van der Waals surface area (Å²) in [5.74, 6) is 0.672. The predicted octanol–water partition coefficient (Wildman–Crippen LogP) is 4.69. The molecule has 1 amide bonds. The minimum atomic E-state index is 0.00142. The summed E-state index contributed by atoms with van der Waals surface area (Å²) in [6.45, 7) is 6.10. The molecule has 0 aliphatic heterocycles. The number of hydrogen-bond acceptors (Lipinski definition) is 3. The molecule has 2 heterocycles. The molecule has 5 nitrogen and oxygen atoms in total. The molecule has 0 aliphatic carbocycles. The van der Waals surface area contributed by atoms with Crippen molar-refractivity contribution in [2.24, 2.45) is 5.92 Å². The third kappa shape index (κ3) is 3.57. The molecule has 26 heavy (non-hydrogen) atoms. The number of benzene rings is 1. The SMILES string of the molecule is CCC(CC)C(=O)Nc1cc(-c2cn3ccc(C)cc3n2)ccc1OC. The minimum Gasteiger partial charge on any atom is -0.495 e. The van der Waals surface area contributed by atoms with Crippen molar-refractivity contribution in [1.29, 1.82) is 0 Å². The first-order chi connectivity index (χ1) is 12.5.